The SMILES string of the molecule is COc1cccc(C(=O)CSc2cccc(NC(=O)/C(=C/c3cccc(Cl)c3Cl)NC(=O)c3ccccc3)c2)c1. The number of methoxy groups -OCH3 is 1. The molecule has 0 atom stereocenters. The molecular formula is C31H24Cl2N2O4S. The molecule has 0 unspecified atom stereocenters. The number of nitrogens with one attached hydrogen (secondary N) is 2. The largest absolute Gasteiger partial charge is 0.497 e. The summed E-state index contributed by atoms with van der Waals surface area (Å²) < 4.78 is 5.19. The third kappa shape index (κ3) is 7.76. The second-order valence-electron chi connectivity index (χ2n) is 8.45. The summed E-state index contributed by atoms with van der Waals surface area (Å²) in [5.41, 5.74) is 1.87. The molecular weight excluding hydrogens is 567 g/mol. The Bertz CT molecular complexity index is 1570. The molecule has 0 saturated carbocycles. The van der Waals surface area contributed by atoms with E-state index < -0.39 is 11.8 Å². The van der Waals surface area contributed by atoms with Gasteiger partial charge in [-0.25, -0.2) is 0 Å². The van der Waals surface area contributed by atoms with Crippen molar-refractivity contribution in [3.63, 3.8) is 0 Å². The fourth-order valence-electron chi connectivity index (χ4n) is 3.62. The second kappa shape index (κ2) is 13.8. The topological polar surface area (TPSA) is 84.5 Å². The highest BCUT2D eigenvalue weighted by Gasteiger charge is 2.17. The summed E-state index contributed by atoms with van der Waals surface area (Å²) in [5, 5.41) is 6.06. The van der Waals surface area contributed by atoms with E-state index in [1.54, 1.807) is 98.1 Å². The Labute approximate surface area is 246 Å². The van der Waals surface area contributed by atoms with Crippen molar-refractivity contribution in [2.45, 2.75) is 4.90 Å². The lowest BCUT2D eigenvalue weighted by Crippen LogP contribution is -2.30. The quantitative estimate of drug-likeness (QED) is 0.114. The van der Waals surface area contributed by atoms with E-state index in [1.165, 1.54) is 17.8 Å². The maximum absolute atomic E-state index is 13.4. The first kappa shape index (κ1) is 29.0. The van der Waals surface area contributed by atoms with E-state index in [9.17, 15) is 14.4 Å². The predicted octanol–water partition coefficient (Wildman–Crippen LogP) is 7.39. The first-order valence-corrected chi connectivity index (χ1v) is 13.8. The lowest BCUT2D eigenvalue weighted by atomic mass is 10.1. The van der Waals surface area contributed by atoms with Crippen LogP contribution in [0.4, 0.5) is 5.69 Å². The molecule has 0 aliphatic rings. The smallest absolute Gasteiger partial charge is 0.272 e. The molecule has 0 aliphatic heterocycles. The number of hydrogen-bond donors (Lipinski definition) is 2. The highest BCUT2D eigenvalue weighted by molar-refractivity contribution is 8.00. The molecule has 4 aromatic rings. The molecule has 0 heterocycles. The molecule has 2 amide bonds. The number of carbonyl (C=O) groups excluding carboxylic acids is 3. The van der Waals surface area contributed by atoms with Crippen molar-refractivity contribution in [3.8, 4) is 5.75 Å². The number of ketones is 1. The molecule has 9 heteroatoms. The first-order chi connectivity index (χ1) is 19.3. The van der Waals surface area contributed by atoms with Crippen LogP contribution < -0.4 is 15.4 Å². The number of amides is 2. The van der Waals surface area contributed by atoms with Crippen LogP contribution in [0.25, 0.3) is 6.08 Å². The van der Waals surface area contributed by atoms with Crippen molar-refractivity contribution < 1.29 is 19.1 Å². The Hall–Kier alpha value is -4.04. The minimum Gasteiger partial charge on any atom is -0.497 e. The first-order valence-electron chi connectivity index (χ1n) is 12.1. The number of benzene rings is 4. The summed E-state index contributed by atoms with van der Waals surface area (Å²) in [5.74, 6) is -0.250. The Morgan fingerprint density at radius 2 is 1.57 bits per heavy atom. The van der Waals surface area contributed by atoms with E-state index in [0.717, 1.165) is 4.90 Å². The van der Waals surface area contributed by atoms with Gasteiger partial charge in [-0.1, -0.05) is 71.7 Å². The van der Waals surface area contributed by atoms with E-state index in [4.69, 9.17) is 27.9 Å². The standard InChI is InChI=1S/C31H24Cl2N2O4S/c1-39-24-13-5-10-21(16-24)28(36)19-40-25-14-7-12-23(18-25)34-31(38)27(17-22-11-6-15-26(32)29(22)33)35-30(37)20-8-3-2-4-9-20/h2-18H,19H2,1H3,(H,34,38)(H,35,37)/b27-17-. The molecule has 40 heavy (non-hydrogen) atoms. The fourth-order valence-corrected chi connectivity index (χ4v) is 4.83. The van der Waals surface area contributed by atoms with E-state index in [-0.39, 0.29) is 22.3 Å². The van der Waals surface area contributed by atoms with Crippen LogP contribution in [0.2, 0.25) is 10.0 Å². The van der Waals surface area contributed by atoms with Gasteiger partial charge in [-0.05, 0) is 60.2 Å². The van der Waals surface area contributed by atoms with Gasteiger partial charge in [0.25, 0.3) is 11.8 Å². The van der Waals surface area contributed by atoms with E-state index in [0.29, 0.717) is 33.1 Å². The molecule has 0 radical (unpaired) electrons. The third-order valence-electron chi connectivity index (χ3n) is 5.66. The Morgan fingerprint density at radius 1 is 0.850 bits per heavy atom. The summed E-state index contributed by atoms with van der Waals surface area (Å²) in [7, 11) is 1.55. The number of hydrogen-bond acceptors (Lipinski definition) is 5. The molecule has 6 nitrogen and oxygen atoms in total. The zero-order chi connectivity index (χ0) is 28.5. The number of Topliss-reactive ketones (excluding diaryl/α,β-unsaturated/α-hetero) is 1. The van der Waals surface area contributed by atoms with Crippen molar-refractivity contribution in [1.29, 1.82) is 0 Å². The zero-order valence-corrected chi connectivity index (χ0v) is 23.6. The summed E-state index contributed by atoms with van der Waals surface area (Å²) in [6, 6.07) is 27.6. The van der Waals surface area contributed by atoms with Crippen LogP contribution in [0.1, 0.15) is 26.3 Å². The van der Waals surface area contributed by atoms with Crippen LogP contribution in [-0.4, -0.2) is 30.5 Å². The van der Waals surface area contributed by atoms with Crippen LogP contribution in [0, 0.1) is 0 Å². The van der Waals surface area contributed by atoms with Gasteiger partial charge in [0.1, 0.15) is 11.4 Å². The molecule has 0 saturated heterocycles. The summed E-state index contributed by atoms with van der Waals surface area (Å²) in [6.45, 7) is 0. The van der Waals surface area contributed by atoms with Gasteiger partial charge in [-0.2, -0.15) is 0 Å². The van der Waals surface area contributed by atoms with Crippen LogP contribution >= 0.6 is 35.0 Å². The van der Waals surface area contributed by atoms with Gasteiger partial charge in [-0.15, -0.1) is 11.8 Å². The van der Waals surface area contributed by atoms with Crippen LogP contribution in [0.3, 0.4) is 0 Å². The molecule has 4 aromatic carbocycles. The number of rotatable bonds is 10. The molecule has 0 aliphatic carbocycles. The van der Waals surface area contributed by atoms with Crippen LogP contribution in [-0.2, 0) is 4.79 Å². The zero-order valence-electron chi connectivity index (χ0n) is 21.3. The predicted molar refractivity (Wildman–Crippen MR) is 161 cm³/mol. The van der Waals surface area contributed by atoms with Gasteiger partial charge in [0, 0.05) is 21.7 Å². The third-order valence-corrected chi connectivity index (χ3v) is 7.49. The van der Waals surface area contributed by atoms with E-state index in [1.807, 2.05) is 6.07 Å². The van der Waals surface area contributed by atoms with Crippen molar-refractivity contribution in [1.82, 2.24) is 5.32 Å². The van der Waals surface area contributed by atoms with Gasteiger partial charge in [-0.3, -0.25) is 14.4 Å². The van der Waals surface area contributed by atoms with Crippen molar-refractivity contribution in [2.75, 3.05) is 18.2 Å². The van der Waals surface area contributed by atoms with Crippen molar-refractivity contribution >= 4 is 64.3 Å². The molecule has 0 aromatic heterocycles. The summed E-state index contributed by atoms with van der Waals surface area (Å²) >= 11 is 13.8. The van der Waals surface area contributed by atoms with Gasteiger partial charge in [0.2, 0.25) is 0 Å². The normalized spacial score (nSPS) is 11.0. The molecule has 0 bridgehead atoms. The van der Waals surface area contributed by atoms with Crippen molar-refractivity contribution in [3.05, 3.63) is 129 Å². The molecule has 4 rings (SSSR count). The monoisotopic (exact) mass is 590 g/mol. The van der Waals surface area contributed by atoms with Gasteiger partial charge < -0.3 is 15.4 Å². The average molecular weight is 592 g/mol. The second-order valence-corrected chi connectivity index (χ2v) is 10.3. The van der Waals surface area contributed by atoms with Gasteiger partial charge >= 0.3 is 0 Å². The number of halogens is 2. The van der Waals surface area contributed by atoms with Gasteiger partial charge in [0.15, 0.2) is 5.78 Å². The number of thioether (sulfide) groups is 1. The number of ether oxygens (including phenoxy) is 1. The molecule has 2 N–H and O–H groups in total. The highest BCUT2D eigenvalue weighted by Crippen LogP contribution is 2.28. The Kier molecular flexibility index (Phi) is 10.0. The summed E-state index contributed by atoms with van der Waals surface area (Å²) in [4.78, 5) is 39.7. The average Bonchev–Trinajstić information content (AvgIpc) is 2.98. The lowest BCUT2D eigenvalue weighted by Gasteiger charge is -2.13. The Morgan fingerprint density at radius 3 is 2.35 bits per heavy atom. The van der Waals surface area contributed by atoms with E-state index in [2.05, 4.69) is 10.6 Å². The molecule has 0 spiro atoms. The number of anilines is 1. The minimum absolute atomic E-state index is 0.0238. The van der Waals surface area contributed by atoms with Crippen LogP contribution in [0.15, 0.2) is 108 Å². The van der Waals surface area contributed by atoms with Gasteiger partial charge in [0.05, 0.1) is 22.9 Å². The highest BCUT2D eigenvalue weighted by atomic mass is 35.5. The van der Waals surface area contributed by atoms with E-state index >= 15 is 0 Å². The maximum atomic E-state index is 13.4. The molecule has 202 valence electrons. The summed E-state index contributed by atoms with van der Waals surface area (Å²) in [6.07, 6.45) is 1.47. The number of carbonyl (C=O) groups is 3. The Balaban J connectivity index is 1.51. The maximum Gasteiger partial charge on any atom is 0.272 e. The van der Waals surface area contributed by atoms with Crippen molar-refractivity contribution in [2.24, 2.45) is 0 Å². The fraction of sp³-hybridized carbons (Fsp3) is 0.0645. The minimum atomic E-state index is -0.560. The lowest BCUT2D eigenvalue weighted by molar-refractivity contribution is -0.113. The molecule has 0 fully saturated rings. The van der Waals surface area contributed by atoms with Crippen LogP contribution in [0.5, 0.6) is 5.75 Å².